The summed E-state index contributed by atoms with van der Waals surface area (Å²) in [5.74, 6) is -1.00. The van der Waals surface area contributed by atoms with Crippen LogP contribution in [0.2, 0.25) is 0 Å². The molecule has 0 N–H and O–H groups in total. The average Bonchev–Trinajstić information content (AvgIpc) is 3.35. The summed E-state index contributed by atoms with van der Waals surface area (Å²) in [5, 5.41) is 0. The van der Waals surface area contributed by atoms with Crippen LogP contribution in [-0.4, -0.2) is 37.2 Å². The summed E-state index contributed by atoms with van der Waals surface area (Å²) in [6.07, 6.45) is 75.5. The number of hydrogen-bond donors (Lipinski definition) is 0. The number of carbonyl (C=O) groups is 3. The van der Waals surface area contributed by atoms with Crippen LogP contribution in [0, 0.1) is 0 Å². The van der Waals surface area contributed by atoms with Gasteiger partial charge < -0.3 is 14.2 Å². The van der Waals surface area contributed by atoms with Crippen molar-refractivity contribution in [3.8, 4) is 0 Å². The zero-order valence-electron chi connectivity index (χ0n) is 45.0. The number of carbonyl (C=O) groups excluding carboxylic acids is 3. The van der Waals surface area contributed by atoms with Crippen LogP contribution >= 0.6 is 0 Å². The quantitative estimate of drug-likeness (QED) is 0.0262. The minimum Gasteiger partial charge on any atom is -0.462 e. The number of esters is 3. The number of allylic oxidation sites excluding steroid dienone is 16. The number of rotatable bonds is 51. The van der Waals surface area contributed by atoms with Crippen molar-refractivity contribution in [3.63, 3.8) is 0 Å². The fourth-order valence-corrected chi connectivity index (χ4v) is 7.80. The maximum atomic E-state index is 12.9. The normalized spacial score (nSPS) is 12.8. The number of hydrogen-bond acceptors (Lipinski definition) is 6. The lowest BCUT2D eigenvalue weighted by atomic mass is 10.0. The molecule has 0 aromatic carbocycles. The van der Waals surface area contributed by atoms with Gasteiger partial charge in [0.15, 0.2) is 6.10 Å². The molecule has 0 aliphatic carbocycles. The van der Waals surface area contributed by atoms with Gasteiger partial charge in [-0.15, -0.1) is 0 Å². The molecule has 0 bridgehead atoms. The van der Waals surface area contributed by atoms with E-state index in [1.54, 1.807) is 0 Å². The molecule has 0 aliphatic heterocycles. The largest absolute Gasteiger partial charge is 0.462 e. The molecule has 0 radical (unpaired) electrons. The van der Waals surface area contributed by atoms with Crippen molar-refractivity contribution in [3.05, 3.63) is 97.2 Å². The molecule has 0 heterocycles. The van der Waals surface area contributed by atoms with Crippen molar-refractivity contribution in [2.24, 2.45) is 0 Å². The van der Waals surface area contributed by atoms with E-state index in [0.29, 0.717) is 19.3 Å². The lowest BCUT2D eigenvalue weighted by Crippen LogP contribution is -2.30. The molecular weight excluding hydrogens is 853 g/mol. The molecule has 6 nitrogen and oxygen atoms in total. The molecule has 6 heteroatoms. The second kappa shape index (κ2) is 56.9. The zero-order chi connectivity index (χ0) is 50.0. The van der Waals surface area contributed by atoms with Crippen molar-refractivity contribution in [2.45, 2.75) is 271 Å². The highest BCUT2D eigenvalue weighted by atomic mass is 16.6. The molecule has 0 rings (SSSR count). The standard InChI is InChI=1S/C63H106O6/c1-4-7-10-13-16-19-22-25-27-29-31-33-35-38-41-44-47-50-53-56-62(65)68-59-60(58-67-61(64)55-52-49-46-43-40-37-24-21-18-15-12-9-6-3)69-63(66)57-54-51-48-45-42-39-36-34-32-30-28-26-23-20-17-14-11-8-5-2/h7,10,12,15-16,19,21,24-25,27,31,33,38,41,47,50,60H,4-6,8-9,11,13-14,17-18,20,22-23,26,28-30,32,34-37,39-40,42-46,48-49,51-59H2,1-3H3/b10-7-,15-12-,19-16-,24-21-,27-25-,33-31-,41-38-,50-47-. The Morgan fingerprint density at radius 2 is 0.623 bits per heavy atom. The minimum atomic E-state index is -0.813. The van der Waals surface area contributed by atoms with E-state index in [9.17, 15) is 14.4 Å². The van der Waals surface area contributed by atoms with E-state index in [1.165, 1.54) is 109 Å². The van der Waals surface area contributed by atoms with Crippen LogP contribution in [0.15, 0.2) is 97.2 Å². The highest BCUT2D eigenvalue weighted by Crippen LogP contribution is 2.16. The van der Waals surface area contributed by atoms with Crippen molar-refractivity contribution < 1.29 is 28.6 Å². The van der Waals surface area contributed by atoms with Crippen LogP contribution < -0.4 is 0 Å². The molecule has 1 atom stereocenters. The molecule has 0 saturated carbocycles. The van der Waals surface area contributed by atoms with Crippen LogP contribution in [0.25, 0.3) is 0 Å². The molecule has 0 amide bonds. The van der Waals surface area contributed by atoms with Gasteiger partial charge in [0.05, 0.1) is 0 Å². The zero-order valence-corrected chi connectivity index (χ0v) is 45.0. The predicted molar refractivity (Wildman–Crippen MR) is 297 cm³/mol. The summed E-state index contributed by atoms with van der Waals surface area (Å²) in [6.45, 7) is 6.40. The van der Waals surface area contributed by atoms with Gasteiger partial charge in [0, 0.05) is 19.3 Å². The van der Waals surface area contributed by atoms with Crippen molar-refractivity contribution in [1.82, 2.24) is 0 Å². The fourth-order valence-electron chi connectivity index (χ4n) is 7.80. The number of unbranched alkanes of at least 4 members (excludes halogenated alkanes) is 24. The first-order chi connectivity index (χ1) is 34.0. The van der Waals surface area contributed by atoms with Gasteiger partial charge in [0.2, 0.25) is 0 Å². The highest BCUT2D eigenvalue weighted by molar-refractivity contribution is 5.71. The monoisotopic (exact) mass is 959 g/mol. The van der Waals surface area contributed by atoms with Crippen LogP contribution in [0.1, 0.15) is 265 Å². The summed E-state index contributed by atoms with van der Waals surface area (Å²) in [7, 11) is 0. The third-order valence-electron chi connectivity index (χ3n) is 12.1. The van der Waals surface area contributed by atoms with Gasteiger partial charge in [-0.1, -0.05) is 259 Å². The van der Waals surface area contributed by atoms with E-state index >= 15 is 0 Å². The molecule has 0 saturated heterocycles. The summed E-state index contributed by atoms with van der Waals surface area (Å²) < 4.78 is 16.8. The van der Waals surface area contributed by atoms with Crippen LogP contribution in [0.4, 0.5) is 0 Å². The third kappa shape index (κ3) is 55.1. The maximum Gasteiger partial charge on any atom is 0.306 e. The smallest absolute Gasteiger partial charge is 0.306 e. The molecule has 0 aromatic heterocycles. The first-order valence-corrected chi connectivity index (χ1v) is 28.7. The van der Waals surface area contributed by atoms with Gasteiger partial charge in [-0.2, -0.15) is 0 Å². The van der Waals surface area contributed by atoms with Crippen LogP contribution in [0.5, 0.6) is 0 Å². The topological polar surface area (TPSA) is 78.9 Å². The average molecular weight is 960 g/mol. The van der Waals surface area contributed by atoms with Gasteiger partial charge in [-0.05, 0) is 83.5 Å². The van der Waals surface area contributed by atoms with Gasteiger partial charge in [0.25, 0.3) is 0 Å². The van der Waals surface area contributed by atoms with E-state index in [-0.39, 0.29) is 37.5 Å². The van der Waals surface area contributed by atoms with Gasteiger partial charge in [-0.3, -0.25) is 14.4 Å². The molecule has 69 heavy (non-hydrogen) atoms. The third-order valence-corrected chi connectivity index (χ3v) is 12.1. The summed E-state index contributed by atoms with van der Waals surface area (Å²) in [5.41, 5.74) is 0. The summed E-state index contributed by atoms with van der Waals surface area (Å²) >= 11 is 0. The van der Waals surface area contributed by atoms with Gasteiger partial charge in [0.1, 0.15) is 13.2 Å². The Morgan fingerprint density at radius 3 is 1.03 bits per heavy atom. The SMILES string of the molecule is CC/C=C\C/C=C\C/C=C\C/C=C\C/C=C\C/C=C\CCC(=O)OCC(COC(=O)CCCCCCC/C=C\C/C=C\CCC)OC(=O)CCCCCCCCCCCCCCCCCCCCC. The lowest BCUT2D eigenvalue weighted by Gasteiger charge is -2.18. The second-order valence-corrected chi connectivity index (χ2v) is 18.8. The fraction of sp³-hybridized carbons (Fsp3) is 0.698. The Hall–Kier alpha value is -3.67. The minimum absolute atomic E-state index is 0.107. The molecule has 0 fully saturated rings. The Labute approximate surface area is 426 Å². The van der Waals surface area contributed by atoms with E-state index in [4.69, 9.17) is 14.2 Å². The Morgan fingerprint density at radius 1 is 0.304 bits per heavy atom. The highest BCUT2D eigenvalue weighted by Gasteiger charge is 2.19. The Bertz CT molecular complexity index is 1380. The van der Waals surface area contributed by atoms with Crippen LogP contribution in [0.3, 0.4) is 0 Å². The van der Waals surface area contributed by atoms with Crippen LogP contribution in [-0.2, 0) is 28.6 Å². The molecular formula is C63H106O6. The van der Waals surface area contributed by atoms with E-state index in [2.05, 4.69) is 112 Å². The van der Waals surface area contributed by atoms with E-state index < -0.39 is 6.10 Å². The summed E-state index contributed by atoms with van der Waals surface area (Å²) in [4.78, 5) is 38.1. The van der Waals surface area contributed by atoms with Crippen molar-refractivity contribution >= 4 is 17.9 Å². The first-order valence-electron chi connectivity index (χ1n) is 28.7. The predicted octanol–water partition coefficient (Wildman–Crippen LogP) is 19.3. The maximum absolute atomic E-state index is 12.9. The van der Waals surface area contributed by atoms with Gasteiger partial charge >= 0.3 is 17.9 Å². The molecule has 0 spiro atoms. The van der Waals surface area contributed by atoms with Crippen molar-refractivity contribution in [2.75, 3.05) is 13.2 Å². The summed E-state index contributed by atoms with van der Waals surface area (Å²) in [6, 6.07) is 0. The Balaban J connectivity index is 4.47. The second-order valence-electron chi connectivity index (χ2n) is 18.8. The van der Waals surface area contributed by atoms with Crippen molar-refractivity contribution in [1.29, 1.82) is 0 Å². The number of ether oxygens (including phenoxy) is 3. The van der Waals surface area contributed by atoms with Gasteiger partial charge in [-0.25, -0.2) is 0 Å². The van der Waals surface area contributed by atoms with E-state index in [1.807, 2.05) is 6.08 Å². The first kappa shape index (κ1) is 65.3. The molecule has 0 aromatic rings. The molecule has 1 unspecified atom stereocenters. The Kier molecular flexibility index (Phi) is 53.9. The lowest BCUT2D eigenvalue weighted by molar-refractivity contribution is -0.166. The molecule has 0 aliphatic rings. The molecule has 394 valence electrons. The van der Waals surface area contributed by atoms with E-state index in [0.717, 1.165) is 109 Å².